The molecule has 2 nitrogen and oxygen atoms in total. The maximum Gasteiger partial charge on any atom is 0.00104 e. The smallest absolute Gasteiger partial charge is 0.00104 e. The number of unbranched alkanes of at least 4 members (excludes halogenated alkanes) is 1. The average Bonchev–Trinajstić information content (AvgIpc) is 2.14. The third-order valence-electron chi connectivity index (χ3n) is 3.36. The molecule has 0 aromatic rings. The van der Waals surface area contributed by atoms with Crippen molar-refractivity contribution in [2.24, 2.45) is 23.5 Å². The van der Waals surface area contributed by atoms with E-state index < -0.39 is 0 Å². The molecular formula is C14H32N2. The van der Waals surface area contributed by atoms with E-state index in [2.05, 4.69) is 39.9 Å². The van der Waals surface area contributed by atoms with Gasteiger partial charge in [-0.25, -0.2) is 0 Å². The molecular weight excluding hydrogens is 196 g/mol. The molecule has 0 saturated carbocycles. The monoisotopic (exact) mass is 228 g/mol. The van der Waals surface area contributed by atoms with Crippen LogP contribution in [0, 0.1) is 17.8 Å². The Morgan fingerprint density at radius 1 is 0.938 bits per heavy atom. The summed E-state index contributed by atoms with van der Waals surface area (Å²) < 4.78 is 0. The topological polar surface area (TPSA) is 38.0 Å². The Bertz CT molecular complexity index is 145. The van der Waals surface area contributed by atoms with Crippen molar-refractivity contribution >= 4 is 0 Å². The van der Waals surface area contributed by atoms with E-state index in [9.17, 15) is 0 Å². The summed E-state index contributed by atoms with van der Waals surface area (Å²) in [6.45, 7) is 13.7. The summed E-state index contributed by atoms with van der Waals surface area (Å²) >= 11 is 0. The summed E-state index contributed by atoms with van der Waals surface area (Å²) in [5.74, 6) is 2.35. The zero-order chi connectivity index (χ0) is 12.6. The lowest BCUT2D eigenvalue weighted by Gasteiger charge is -2.25. The first-order valence-electron chi connectivity index (χ1n) is 6.91. The second kappa shape index (κ2) is 9.00. The molecule has 1 unspecified atom stereocenters. The lowest BCUT2D eigenvalue weighted by atomic mass is 9.85. The molecule has 0 aliphatic heterocycles. The van der Waals surface area contributed by atoms with Crippen molar-refractivity contribution in [3.63, 3.8) is 0 Å². The molecule has 0 aromatic carbocycles. The van der Waals surface area contributed by atoms with Gasteiger partial charge in [0.2, 0.25) is 0 Å². The average molecular weight is 228 g/mol. The van der Waals surface area contributed by atoms with Crippen LogP contribution in [-0.4, -0.2) is 19.1 Å². The quantitative estimate of drug-likeness (QED) is 0.595. The molecule has 98 valence electrons. The maximum atomic E-state index is 5.71. The number of rotatable bonds is 9. The van der Waals surface area contributed by atoms with Crippen LogP contribution in [0.15, 0.2) is 0 Å². The second-order valence-corrected chi connectivity index (χ2v) is 5.83. The van der Waals surface area contributed by atoms with Gasteiger partial charge in [0, 0.05) is 6.04 Å². The van der Waals surface area contributed by atoms with Gasteiger partial charge in [0.15, 0.2) is 0 Å². The molecule has 2 heteroatoms. The molecule has 0 saturated heterocycles. The van der Waals surface area contributed by atoms with Gasteiger partial charge in [0.05, 0.1) is 0 Å². The van der Waals surface area contributed by atoms with Crippen LogP contribution in [0.3, 0.4) is 0 Å². The van der Waals surface area contributed by atoms with E-state index in [1.807, 2.05) is 0 Å². The molecule has 0 rings (SSSR count). The molecule has 0 aromatic heterocycles. The summed E-state index contributed by atoms with van der Waals surface area (Å²) in [5.41, 5.74) is 5.71. The van der Waals surface area contributed by atoms with Crippen molar-refractivity contribution in [1.29, 1.82) is 0 Å². The molecule has 0 aliphatic carbocycles. The van der Waals surface area contributed by atoms with Crippen molar-refractivity contribution < 1.29 is 0 Å². The zero-order valence-electron chi connectivity index (χ0n) is 11.9. The summed E-state index contributed by atoms with van der Waals surface area (Å²) in [5, 5.41) is 3.58. The van der Waals surface area contributed by atoms with Gasteiger partial charge >= 0.3 is 0 Å². The summed E-state index contributed by atoms with van der Waals surface area (Å²) in [4.78, 5) is 0. The van der Waals surface area contributed by atoms with Crippen LogP contribution >= 0.6 is 0 Å². The Morgan fingerprint density at radius 3 is 1.94 bits per heavy atom. The SMILES string of the molecule is CC(N)CCCCNCC(C(C)C)C(C)C. The fourth-order valence-electron chi connectivity index (χ4n) is 2.23. The molecule has 0 amide bonds. The molecule has 0 spiro atoms. The third-order valence-corrected chi connectivity index (χ3v) is 3.36. The number of hydrogen-bond acceptors (Lipinski definition) is 2. The molecule has 0 fully saturated rings. The third kappa shape index (κ3) is 8.12. The molecule has 0 heterocycles. The lowest BCUT2D eigenvalue weighted by molar-refractivity contribution is 0.275. The van der Waals surface area contributed by atoms with Gasteiger partial charge < -0.3 is 11.1 Å². The van der Waals surface area contributed by atoms with Gasteiger partial charge in [-0.1, -0.05) is 34.1 Å². The fourth-order valence-corrected chi connectivity index (χ4v) is 2.23. The lowest BCUT2D eigenvalue weighted by Crippen LogP contribution is -2.30. The van der Waals surface area contributed by atoms with Crippen LogP contribution < -0.4 is 11.1 Å². The number of hydrogen-bond donors (Lipinski definition) is 2. The van der Waals surface area contributed by atoms with Crippen molar-refractivity contribution in [3.05, 3.63) is 0 Å². The number of nitrogens with two attached hydrogens (primary N) is 1. The zero-order valence-corrected chi connectivity index (χ0v) is 11.9. The normalized spacial score (nSPS) is 14.1. The van der Waals surface area contributed by atoms with Crippen LogP contribution in [0.1, 0.15) is 53.9 Å². The highest BCUT2D eigenvalue weighted by Gasteiger charge is 2.16. The highest BCUT2D eigenvalue weighted by atomic mass is 14.9. The van der Waals surface area contributed by atoms with Crippen molar-refractivity contribution in [2.45, 2.75) is 59.9 Å². The van der Waals surface area contributed by atoms with Gasteiger partial charge in [-0.3, -0.25) is 0 Å². The van der Waals surface area contributed by atoms with E-state index in [4.69, 9.17) is 5.73 Å². The molecule has 1 atom stereocenters. The van der Waals surface area contributed by atoms with Gasteiger partial charge in [-0.2, -0.15) is 0 Å². The minimum atomic E-state index is 0.360. The largest absolute Gasteiger partial charge is 0.328 e. The molecule has 3 N–H and O–H groups in total. The summed E-state index contributed by atoms with van der Waals surface area (Å²) in [6, 6.07) is 0.360. The van der Waals surface area contributed by atoms with E-state index in [-0.39, 0.29) is 0 Å². The molecule has 0 radical (unpaired) electrons. The first-order valence-corrected chi connectivity index (χ1v) is 6.91. The van der Waals surface area contributed by atoms with Crippen molar-refractivity contribution in [1.82, 2.24) is 5.32 Å². The Morgan fingerprint density at radius 2 is 1.50 bits per heavy atom. The first-order chi connectivity index (χ1) is 7.45. The minimum Gasteiger partial charge on any atom is -0.328 e. The second-order valence-electron chi connectivity index (χ2n) is 5.83. The predicted octanol–water partition coefficient (Wildman–Crippen LogP) is 3.02. The Hall–Kier alpha value is -0.0800. The van der Waals surface area contributed by atoms with E-state index in [1.165, 1.54) is 12.8 Å². The highest BCUT2D eigenvalue weighted by Crippen LogP contribution is 2.19. The summed E-state index contributed by atoms with van der Waals surface area (Å²) in [6.07, 6.45) is 3.66. The Balaban J connectivity index is 3.48. The predicted molar refractivity (Wildman–Crippen MR) is 73.5 cm³/mol. The first kappa shape index (κ1) is 15.9. The van der Waals surface area contributed by atoms with E-state index in [1.54, 1.807) is 0 Å². The van der Waals surface area contributed by atoms with E-state index in [0.717, 1.165) is 37.3 Å². The van der Waals surface area contributed by atoms with Crippen molar-refractivity contribution in [3.8, 4) is 0 Å². The van der Waals surface area contributed by atoms with Gasteiger partial charge in [0.1, 0.15) is 0 Å². The molecule has 16 heavy (non-hydrogen) atoms. The van der Waals surface area contributed by atoms with Crippen LogP contribution in [0.25, 0.3) is 0 Å². The molecule has 0 aliphatic rings. The Labute approximate surface area is 102 Å². The van der Waals surface area contributed by atoms with E-state index in [0.29, 0.717) is 6.04 Å². The van der Waals surface area contributed by atoms with Crippen LogP contribution in [0.4, 0.5) is 0 Å². The summed E-state index contributed by atoms with van der Waals surface area (Å²) in [7, 11) is 0. The minimum absolute atomic E-state index is 0.360. The van der Waals surface area contributed by atoms with Crippen molar-refractivity contribution in [2.75, 3.05) is 13.1 Å². The van der Waals surface area contributed by atoms with Crippen LogP contribution in [0.2, 0.25) is 0 Å². The fraction of sp³-hybridized carbons (Fsp3) is 1.00. The van der Waals surface area contributed by atoms with Gasteiger partial charge in [0.25, 0.3) is 0 Å². The maximum absolute atomic E-state index is 5.71. The van der Waals surface area contributed by atoms with Gasteiger partial charge in [-0.05, 0) is 50.6 Å². The van der Waals surface area contributed by atoms with Crippen LogP contribution in [0.5, 0.6) is 0 Å². The standard InChI is InChI=1S/C14H32N2/c1-11(2)14(12(3)4)10-16-9-7-6-8-13(5)15/h11-14,16H,6-10,15H2,1-5H3. The van der Waals surface area contributed by atoms with Gasteiger partial charge in [-0.15, -0.1) is 0 Å². The number of nitrogens with one attached hydrogen (secondary N) is 1. The molecule has 0 bridgehead atoms. The highest BCUT2D eigenvalue weighted by molar-refractivity contribution is 4.69. The van der Waals surface area contributed by atoms with Crippen LogP contribution in [-0.2, 0) is 0 Å². The van der Waals surface area contributed by atoms with E-state index >= 15 is 0 Å². The Kier molecular flexibility index (Phi) is 8.96.